The number of amides is 1. The van der Waals surface area contributed by atoms with E-state index >= 15 is 0 Å². The molecule has 42 heavy (non-hydrogen) atoms. The minimum Gasteiger partial charge on any atom is -0.339 e. The summed E-state index contributed by atoms with van der Waals surface area (Å²) in [7, 11) is 0. The van der Waals surface area contributed by atoms with Crippen LogP contribution in [0.1, 0.15) is 42.9 Å². The number of piperidine rings is 1. The van der Waals surface area contributed by atoms with E-state index in [2.05, 4.69) is 40.2 Å². The Hall–Kier alpha value is -1.94. The number of carbonyl (C=O) groups is 1. The van der Waals surface area contributed by atoms with Crippen LogP contribution in [0, 0.1) is 11.7 Å². The third-order valence-electron chi connectivity index (χ3n) is 8.97. The van der Waals surface area contributed by atoms with Crippen molar-refractivity contribution in [3.05, 3.63) is 70.0 Å². The zero-order valence-corrected chi connectivity index (χ0v) is 26.4. The summed E-state index contributed by atoms with van der Waals surface area (Å²) in [5.74, 6) is 1.04. The number of carbonyl (C=O) groups excluding carboxylic acids is 1. The molecule has 0 bridgehead atoms. The maximum Gasteiger partial charge on any atom is 0.239 e. The molecule has 0 aliphatic carbocycles. The lowest BCUT2D eigenvalue weighted by molar-refractivity contribution is -0.136. The summed E-state index contributed by atoms with van der Waals surface area (Å²) in [6, 6.07) is 10.9. The van der Waals surface area contributed by atoms with Crippen LogP contribution in [0.25, 0.3) is 5.57 Å². The largest absolute Gasteiger partial charge is 0.339 e. The van der Waals surface area contributed by atoms with Crippen molar-refractivity contribution in [2.45, 2.75) is 50.1 Å². The van der Waals surface area contributed by atoms with E-state index in [-0.39, 0.29) is 17.6 Å². The van der Waals surface area contributed by atoms with Crippen molar-refractivity contribution >= 4 is 34.8 Å². The molecule has 228 valence electrons. The number of rotatable bonds is 10. The maximum absolute atomic E-state index is 13.7. The summed E-state index contributed by atoms with van der Waals surface area (Å²) in [5, 5.41) is 4.27. The number of nitrogens with zero attached hydrogens (tertiary/aromatic N) is 3. The van der Waals surface area contributed by atoms with E-state index in [0.717, 1.165) is 99.3 Å². The Balaban J connectivity index is 1.07. The average molecular weight is 614 g/mol. The predicted octanol–water partition coefficient (Wildman–Crippen LogP) is 4.89. The molecule has 9 heteroatoms. The smallest absolute Gasteiger partial charge is 0.239 e. The molecule has 3 aliphatic rings. The summed E-state index contributed by atoms with van der Waals surface area (Å²) in [4.78, 5) is 21.2. The van der Waals surface area contributed by atoms with Crippen molar-refractivity contribution in [1.29, 1.82) is 0 Å². The molecule has 2 aromatic carbocycles. The number of hydrogen-bond donors (Lipinski definition) is 2. The van der Waals surface area contributed by atoms with Gasteiger partial charge in [-0.15, -0.1) is 11.8 Å². The number of nitrogens with one attached hydrogen (secondary N) is 1. The van der Waals surface area contributed by atoms with Crippen molar-refractivity contribution in [3.63, 3.8) is 0 Å². The highest BCUT2D eigenvalue weighted by Crippen LogP contribution is 2.28. The van der Waals surface area contributed by atoms with Gasteiger partial charge in [0.15, 0.2) is 0 Å². The van der Waals surface area contributed by atoms with E-state index in [4.69, 9.17) is 17.3 Å². The second-order valence-corrected chi connectivity index (χ2v) is 13.5. The molecule has 0 spiro atoms. The third kappa shape index (κ3) is 8.16. The van der Waals surface area contributed by atoms with E-state index in [0.29, 0.717) is 13.1 Å². The number of benzene rings is 2. The first-order valence-electron chi connectivity index (χ1n) is 15.5. The van der Waals surface area contributed by atoms with Gasteiger partial charge in [0.1, 0.15) is 5.82 Å². The van der Waals surface area contributed by atoms with Crippen molar-refractivity contribution in [2.24, 2.45) is 11.7 Å². The molecular weight excluding hydrogens is 569 g/mol. The SMILES string of the molecule is CCSc1cc(F)ccc1CN1CCN(C(=O)[C@H](N)C2CCN(CCc3cc(Cl)ccc3C3=CCCNC3)CC2)CC1. The van der Waals surface area contributed by atoms with Gasteiger partial charge in [0.2, 0.25) is 5.91 Å². The molecule has 1 amide bonds. The van der Waals surface area contributed by atoms with Gasteiger partial charge in [0.05, 0.1) is 6.04 Å². The fourth-order valence-electron chi connectivity index (χ4n) is 6.47. The van der Waals surface area contributed by atoms with Crippen molar-refractivity contribution in [3.8, 4) is 0 Å². The lowest BCUT2D eigenvalue weighted by Gasteiger charge is -2.39. The fourth-order valence-corrected chi connectivity index (χ4v) is 7.49. The second kappa shape index (κ2) is 15.2. The average Bonchev–Trinajstić information content (AvgIpc) is 3.02. The van der Waals surface area contributed by atoms with Gasteiger partial charge in [-0.1, -0.05) is 36.7 Å². The van der Waals surface area contributed by atoms with Crippen LogP contribution >= 0.6 is 23.4 Å². The molecule has 0 radical (unpaired) electrons. The van der Waals surface area contributed by atoms with Gasteiger partial charge < -0.3 is 20.9 Å². The summed E-state index contributed by atoms with van der Waals surface area (Å²) < 4.78 is 13.7. The van der Waals surface area contributed by atoms with E-state index in [9.17, 15) is 9.18 Å². The first-order valence-corrected chi connectivity index (χ1v) is 16.9. The monoisotopic (exact) mass is 613 g/mol. The molecule has 2 aromatic rings. The van der Waals surface area contributed by atoms with Crippen LogP contribution < -0.4 is 11.1 Å². The summed E-state index contributed by atoms with van der Waals surface area (Å²) >= 11 is 8.06. The van der Waals surface area contributed by atoms with E-state index < -0.39 is 6.04 Å². The van der Waals surface area contributed by atoms with E-state index in [1.807, 2.05) is 17.0 Å². The Bertz CT molecular complexity index is 1240. The van der Waals surface area contributed by atoms with Crippen LogP contribution in [0.4, 0.5) is 4.39 Å². The molecule has 2 saturated heterocycles. The first-order chi connectivity index (χ1) is 20.4. The molecule has 6 nitrogen and oxygen atoms in total. The summed E-state index contributed by atoms with van der Waals surface area (Å²) in [5.41, 5.74) is 11.7. The number of piperazine rings is 1. The zero-order valence-electron chi connectivity index (χ0n) is 24.8. The van der Waals surface area contributed by atoms with Gasteiger partial charge in [0, 0.05) is 55.7 Å². The molecule has 2 fully saturated rings. The lowest BCUT2D eigenvalue weighted by Crippen LogP contribution is -2.55. The number of hydrogen-bond acceptors (Lipinski definition) is 6. The Kier molecular flexibility index (Phi) is 11.4. The third-order valence-corrected chi connectivity index (χ3v) is 10.2. The van der Waals surface area contributed by atoms with Gasteiger partial charge in [-0.3, -0.25) is 9.69 Å². The number of halogens is 2. The maximum atomic E-state index is 13.7. The Morgan fingerprint density at radius 1 is 1.07 bits per heavy atom. The van der Waals surface area contributed by atoms with Gasteiger partial charge in [-0.05, 0) is 104 Å². The fraction of sp³-hybridized carbons (Fsp3) is 0.545. The Morgan fingerprint density at radius 2 is 1.86 bits per heavy atom. The standard InChI is InChI=1S/C33H45ClFN5OS/c1-2-42-31-21-29(35)7-5-27(31)23-39-16-18-40(19-17-39)33(41)32(36)24-9-13-38(14-10-24)15-11-25-20-28(34)6-8-30(25)26-4-3-12-37-22-26/h4-8,20-21,24,32,37H,2-3,9-19,22-23,36H2,1H3/t32-/m1/s1. The molecule has 3 aliphatic heterocycles. The molecular formula is C33H45ClFN5OS. The van der Waals surface area contributed by atoms with Crippen LogP contribution in [0.5, 0.6) is 0 Å². The number of nitrogens with two attached hydrogens (primary N) is 1. The van der Waals surface area contributed by atoms with Gasteiger partial charge in [-0.2, -0.15) is 0 Å². The second-order valence-electron chi connectivity index (χ2n) is 11.7. The van der Waals surface area contributed by atoms with Crippen molar-refractivity contribution < 1.29 is 9.18 Å². The van der Waals surface area contributed by atoms with Gasteiger partial charge in [-0.25, -0.2) is 4.39 Å². The van der Waals surface area contributed by atoms with Crippen LogP contribution in [0.2, 0.25) is 5.02 Å². The number of likely N-dealkylation sites (tertiary alicyclic amines) is 1. The molecule has 3 N–H and O–H groups in total. The zero-order chi connectivity index (χ0) is 29.5. The molecule has 3 heterocycles. The van der Waals surface area contributed by atoms with Gasteiger partial charge >= 0.3 is 0 Å². The Morgan fingerprint density at radius 3 is 2.57 bits per heavy atom. The van der Waals surface area contributed by atoms with Crippen LogP contribution in [0.3, 0.4) is 0 Å². The molecule has 0 unspecified atom stereocenters. The van der Waals surface area contributed by atoms with Crippen molar-refractivity contribution in [1.82, 2.24) is 20.0 Å². The highest BCUT2D eigenvalue weighted by atomic mass is 35.5. The minimum atomic E-state index is -0.436. The normalized spacial score (nSPS) is 20.0. The van der Waals surface area contributed by atoms with Crippen molar-refractivity contribution in [2.75, 3.05) is 64.7 Å². The van der Waals surface area contributed by atoms with Crippen LogP contribution in [-0.2, 0) is 17.8 Å². The van der Waals surface area contributed by atoms with Crippen LogP contribution in [-0.4, -0.2) is 91.3 Å². The molecule has 5 rings (SSSR count). The minimum absolute atomic E-state index is 0.0926. The molecule has 0 aromatic heterocycles. The lowest BCUT2D eigenvalue weighted by atomic mass is 9.88. The topological polar surface area (TPSA) is 64.8 Å². The Labute approximate surface area is 259 Å². The van der Waals surface area contributed by atoms with Crippen LogP contribution in [0.15, 0.2) is 47.4 Å². The number of thioether (sulfide) groups is 1. The highest BCUT2D eigenvalue weighted by Gasteiger charge is 2.33. The molecule has 1 atom stereocenters. The first kappa shape index (κ1) is 31.5. The quantitative estimate of drug-likeness (QED) is 0.372. The van der Waals surface area contributed by atoms with E-state index in [1.54, 1.807) is 23.9 Å². The van der Waals surface area contributed by atoms with Gasteiger partial charge in [0.25, 0.3) is 0 Å². The predicted molar refractivity (Wildman–Crippen MR) is 172 cm³/mol. The molecule has 0 saturated carbocycles. The summed E-state index contributed by atoms with van der Waals surface area (Å²) in [6.07, 6.45) is 6.28. The summed E-state index contributed by atoms with van der Waals surface area (Å²) in [6.45, 7) is 10.7. The highest BCUT2D eigenvalue weighted by molar-refractivity contribution is 7.99. The van der Waals surface area contributed by atoms with E-state index in [1.165, 1.54) is 16.7 Å².